The highest BCUT2D eigenvalue weighted by Gasteiger charge is 2.26. The summed E-state index contributed by atoms with van der Waals surface area (Å²) < 4.78 is 43.6. The molecule has 1 aliphatic heterocycles. The normalized spacial score (nSPS) is 15.6. The van der Waals surface area contributed by atoms with Gasteiger partial charge in [-0.15, -0.1) is 0 Å². The molecule has 1 atom stereocenters. The third-order valence-corrected chi connectivity index (χ3v) is 7.50. The summed E-state index contributed by atoms with van der Waals surface area (Å²) in [6.45, 7) is 7.95. The largest absolute Gasteiger partial charge is 0.492 e. The van der Waals surface area contributed by atoms with Crippen molar-refractivity contribution in [2.45, 2.75) is 38.2 Å². The molecule has 9 heteroatoms. The van der Waals surface area contributed by atoms with E-state index in [1.165, 1.54) is 16.4 Å². The molecular weight excluding hydrogens is 444 g/mol. The lowest BCUT2D eigenvalue weighted by Gasteiger charge is -2.26. The standard InChI is InChI=1S/C24H32N2O6S/c1-4-22(32-23-7-5-6-18(2)19(23)3)24(27)25-12-15-31-20-8-10-21(11-9-20)33(28,29)26-13-16-30-17-14-26/h5-11,22H,4,12-17H2,1-3H3,(H,25,27)/t22-/m0/s1. The minimum atomic E-state index is -3.53. The summed E-state index contributed by atoms with van der Waals surface area (Å²) in [4.78, 5) is 12.7. The Bertz CT molecular complexity index is 1030. The van der Waals surface area contributed by atoms with Crippen LogP contribution in [0.3, 0.4) is 0 Å². The summed E-state index contributed by atoms with van der Waals surface area (Å²) >= 11 is 0. The van der Waals surface area contributed by atoms with Gasteiger partial charge in [-0.25, -0.2) is 8.42 Å². The van der Waals surface area contributed by atoms with Crippen LogP contribution in [0.4, 0.5) is 0 Å². The van der Waals surface area contributed by atoms with Gasteiger partial charge in [0.2, 0.25) is 10.0 Å². The molecule has 0 aromatic heterocycles. The summed E-state index contributed by atoms with van der Waals surface area (Å²) in [5, 5.41) is 2.83. The van der Waals surface area contributed by atoms with Crippen LogP contribution in [-0.4, -0.2) is 64.2 Å². The van der Waals surface area contributed by atoms with Crippen molar-refractivity contribution in [1.29, 1.82) is 0 Å². The van der Waals surface area contributed by atoms with E-state index in [1.807, 2.05) is 39.0 Å². The molecular formula is C24H32N2O6S. The fraction of sp³-hybridized carbons (Fsp3) is 0.458. The number of hydrogen-bond donors (Lipinski definition) is 1. The number of carbonyl (C=O) groups is 1. The van der Waals surface area contributed by atoms with Gasteiger partial charge in [-0.1, -0.05) is 19.1 Å². The number of rotatable bonds is 10. The molecule has 2 aromatic rings. The van der Waals surface area contributed by atoms with Crippen molar-refractivity contribution >= 4 is 15.9 Å². The first-order valence-corrected chi connectivity index (χ1v) is 12.6. The first-order valence-electron chi connectivity index (χ1n) is 11.1. The van der Waals surface area contributed by atoms with E-state index in [9.17, 15) is 13.2 Å². The van der Waals surface area contributed by atoms with Crippen LogP contribution < -0.4 is 14.8 Å². The van der Waals surface area contributed by atoms with Gasteiger partial charge in [-0.3, -0.25) is 4.79 Å². The fourth-order valence-electron chi connectivity index (χ4n) is 3.43. The lowest BCUT2D eigenvalue weighted by atomic mass is 10.1. The van der Waals surface area contributed by atoms with E-state index in [1.54, 1.807) is 12.1 Å². The molecule has 0 bridgehead atoms. The third-order valence-electron chi connectivity index (χ3n) is 5.59. The Morgan fingerprint density at radius 2 is 1.82 bits per heavy atom. The van der Waals surface area contributed by atoms with Crippen molar-refractivity contribution in [2.75, 3.05) is 39.5 Å². The molecule has 1 fully saturated rings. The monoisotopic (exact) mass is 476 g/mol. The highest BCUT2D eigenvalue weighted by atomic mass is 32.2. The van der Waals surface area contributed by atoms with Gasteiger partial charge >= 0.3 is 0 Å². The molecule has 1 heterocycles. The SMILES string of the molecule is CC[C@H](Oc1cccc(C)c1C)C(=O)NCCOc1ccc(S(=O)(=O)N2CCOCC2)cc1. The number of ether oxygens (including phenoxy) is 3. The zero-order valence-electron chi connectivity index (χ0n) is 19.4. The van der Waals surface area contributed by atoms with Gasteiger partial charge in [0.1, 0.15) is 18.1 Å². The van der Waals surface area contributed by atoms with Gasteiger partial charge in [0.25, 0.3) is 5.91 Å². The first-order chi connectivity index (χ1) is 15.8. The molecule has 8 nitrogen and oxygen atoms in total. The number of benzene rings is 2. The predicted octanol–water partition coefficient (Wildman–Crippen LogP) is 2.68. The van der Waals surface area contributed by atoms with Crippen LogP contribution in [0.2, 0.25) is 0 Å². The molecule has 1 N–H and O–H groups in total. The summed E-state index contributed by atoms with van der Waals surface area (Å²) in [6.07, 6.45) is -0.0470. The Hall–Kier alpha value is -2.62. The molecule has 0 unspecified atom stereocenters. The number of morpholine rings is 1. The van der Waals surface area contributed by atoms with Crippen LogP contribution in [0, 0.1) is 13.8 Å². The zero-order chi connectivity index (χ0) is 23.8. The topological polar surface area (TPSA) is 94.2 Å². The molecule has 0 aliphatic carbocycles. The van der Waals surface area contributed by atoms with Crippen molar-refractivity contribution in [3.63, 3.8) is 0 Å². The summed E-state index contributed by atoms with van der Waals surface area (Å²) in [7, 11) is -3.53. The van der Waals surface area contributed by atoms with Crippen LogP contribution >= 0.6 is 0 Å². The van der Waals surface area contributed by atoms with Crippen molar-refractivity contribution in [1.82, 2.24) is 9.62 Å². The molecule has 0 radical (unpaired) electrons. The quantitative estimate of drug-likeness (QED) is 0.530. The summed E-state index contributed by atoms with van der Waals surface area (Å²) in [5.41, 5.74) is 2.13. The molecule has 2 aromatic carbocycles. The van der Waals surface area contributed by atoms with E-state index >= 15 is 0 Å². The minimum Gasteiger partial charge on any atom is -0.492 e. The Balaban J connectivity index is 1.47. The number of nitrogens with zero attached hydrogens (tertiary/aromatic N) is 1. The molecule has 1 amide bonds. The average molecular weight is 477 g/mol. The second-order valence-corrected chi connectivity index (χ2v) is 9.78. The molecule has 0 saturated carbocycles. The van der Waals surface area contributed by atoms with Gasteiger partial charge in [0.15, 0.2) is 6.10 Å². The molecule has 1 saturated heterocycles. The number of aryl methyl sites for hydroxylation is 1. The van der Waals surface area contributed by atoms with Crippen molar-refractivity contribution in [3.05, 3.63) is 53.6 Å². The van der Waals surface area contributed by atoms with Crippen LogP contribution in [0.15, 0.2) is 47.4 Å². The number of nitrogens with one attached hydrogen (secondary N) is 1. The van der Waals surface area contributed by atoms with Crippen LogP contribution in [-0.2, 0) is 19.6 Å². The predicted molar refractivity (Wildman–Crippen MR) is 125 cm³/mol. The smallest absolute Gasteiger partial charge is 0.261 e. The van der Waals surface area contributed by atoms with Crippen LogP contribution in [0.1, 0.15) is 24.5 Å². The number of carbonyl (C=O) groups excluding carboxylic acids is 1. The lowest BCUT2D eigenvalue weighted by molar-refractivity contribution is -0.128. The Morgan fingerprint density at radius 1 is 1.12 bits per heavy atom. The molecule has 1 aliphatic rings. The van der Waals surface area contributed by atoms with Gasteiger partial charge in [-0.05, 0) is 61.7 Å². The van der Waals surface area contributed by atoms with E-state index in [2.05, 4.69) is 5.32 Å². The summed E-state index contributed by atoms with van der Waals surface area (Å²) in [6, 6.07) is 12.1. The second kappa shape index (κ2) is 11.5. The molecule has 33 heavy (non-hydrogen) atoms. The maximum absolute atomic E-state index is 12.7. The Labute approximate surface area is 195 Å². The maximum atomic E-state index is 12.7. The van der Waals surface area contributed by atoms with Gasteiger partial charge in [0.05, 0.1) is 24.7 Å². The number of sulfonamides is 1. The van der Waals surface area contributed by atoms with Crippen molar-refractivity contribution in [2.24, 2.45) is 0 Å². The maximum Gasteiger partial charge on any atom is 0.261 e. The Kier molecular flexibility index (Phi) is 8.71. The average Bonchev–Trinajstić information content (AvgIpc) is 2.83. The fourth-order valence-corrected chi connectivity index (χ4v) is 4.84. The van der Waals surface area contributed by atoms with Crippen LogP contribution in [0.25, 0.3) is 0 Å². The third kappa shape index (κ3) is 6.46. The Morgan fingerprint density at radius 3 is 2.48 bits per heavy atom. The van der Waals surface area contributed by atoms with Gasteiger partial charge < -0.3 is 19.5 Å². The molecule has 3 rings (SSSR count). The van der Waals surface area contributed by atoms with E-state index in [-0.39, 0.29) is 17.4 Å². The molecule has 0 spiro atoms. The van der Waals surface area contributed by atoms with E-state index in [0.29, 0.717) is 50.8 Å². The first kappa shape index (κ1) is 25.0. The van der Waals surface area contributed by atoms with Crippen molar-refractivity contribution in [3.8, 4) is 11.5 Å². The van der Waals surface area contributed by atoms with Crippen molar-refractivity contribution < 1.29 is 27.4 Å². The van der Waals surface area contributed by atoms with E-state index in [4.69, 9.17) is 14.2 Å². The van der Waals surface area contributed by atoms with Gasteiger partial charge in [-0.2, -0.15) is 4.31 Å². The zero-order valence-corrected chi connectivity index (χ0v) is 20.2. The lowest BCUT2D eigenvalue weighted by Crippen LogP contribution is -2.40. The second-order valence-electron chi connectivity index (χ2n) is 7.84. The highest BCUT2D eigenvalue weighted by molar-refractivity contribution is 7.89. The summed E-state index contributed by atoms with van der Waals surface area (Å²) in [5.74, 6) is 1.04. The van der Waals surface area contributed by atoms with Gasteiger partial charge in [0, 0.05) is 13.1 Å². The molecule has 180 valence electrons. The highest BCUT2D eigenvalue weighted by Crippen LogP contribution is 2.23. The minimum absolute atomic E-state index is 0.200. The van der Waals surface area contributed by atoms with Crippen LogP contribution in [0.5, 0.6) is 11.5 Å². The number of hydrogen-bond acceptors (Lipinski definition) is 6. The van der Waals surface area contributed by atoms with E-state index < -0.39 is 16.1 Å². The van der Waals surface area contributed by atoms with E-state index in [0.717, 1.165) is 11.1 Å². The number of amides is 1.